The lowest BCUT2D eigenvalue weighted by Gasteiger charge is -2.38. The van der Waals surface area contributed by atoms with Gasteiger partial charge in [-0.15, -0.1) is 0 Å². The molecule has 124 valence electrons. The van der Waals surface area contributed by atoms with E-state index in [9.17, 15) is 0 Å². The quantitative estimate of drug-likeness (QED) is 0.562. The van der Waals surface area contributed by atoms with Crippen LogP contribution in [0.15, 0.2) is 49.1 Å². The molecule has 0 N–H and O–H groups in total. The molecular weight excluding hydrogens is 310 g/mol. The van der Waals surface area contributed by atoms with Crippen molar-refractivity contribution in [2.75, 3.05) is 18.0 Å². The lowest BCUT2D eigenvalue weighted by molar-refractivity contribution is 0.446. The summed E-state index contributed by atoms with van der Waals surface area (Å²) in [6.45, 7) is 6.56. The number of pyridine rings is 1. The molecule has 0 atom stereocenters. The summed E-state index contributed by atoms with van der Waals surface area (Å²) < 4.78 is 1.88. The standard InChI is InChI=1S/C20H19N5/c1-13-3-4-19-17(7-13)16(5-6-21-19)18-9-23-25-12-15(8-22-20(18)25)24-10-14(2)11-24/h3-9,12,14H,10-11H2,1-2H3. The fourth-order valence-electron chi connectivity index (χ4n) is 3.62. The van der Waals surface area contributed by atoms with Gasteiger partial charge in [0.15, 0.2) is 5.65 Å². The highest BCUT2D eigenvalue weighted by Crippen LogP contribution is 2.31. The van der Waals surface area contributed by atoms with Crippen molar-refractivity contribution in [1.82, 2.24) is 19.6 Å². The van der Waals surface area contributed by atoms with Gasteiger partial charge in [0.2, 0.25) is 0 Å². The van der Waals surface area contributed by atoms with Gasteiger partial charge in [0.05, 0.1) is 29.8 Å². The van der Waals surface area contributed by atoms with Crippen LogP contribution in [0, 0.1) is 12.8 Å². The molecular formula is C20H19N5. The first-order valence-corrected chi connectivity index (χ1v) is 8.63. The zero-order valence-electron chi connectivity index (χ0n) is 14.3. The highest BCUT2D eigenvalue weighted by molar-refractivity contribution is 5.97. The van der Waals surface area contributed by atoms with Gasteiger partial charge in [0.25, 0.3) is 0 Å². The van der Waals surface area contributed by atoms with E-state index >= 15 is 0 Å². The van der Waals surface area contributed by atoms with E-state index in [0.29, 0.717) is 0 Å². The van der Waals surface area contributed by atoms with Crippen molar-refractivity contribution in [1.29, 1.82) is 0 Å². The third-order valence-electron chi connectivity index (χ3n) is 4.96. The highest BCUT2D eigenvalue weighted by atomic mass is 15.3. The first kappa shape index (κ1) is 14.4. The Morgan fingerprint density at radius 3 is 2.76 bits per heavy atom. The van der Waals surface area contributed by atoms with Gasteiger partial charge in [-0.05, 0) is 36.6 Å². The molecule has 4 heterocycles. The minimum Gasteiger partial charge on any atom is -0.368 e. The maximum Gasteiger partial charge on any atom is 0.162 e. The Morgan fingerprint density at radius 1 is 1.04 bits per heavy atom. The summed E-state index contributed by atoms with van der Waals surface area (Å²) in [5, 5.41) is 5.69. The Balaban J connectivity index is 1.65. The summed E-state index contributed by atoms with van der Waals surface area (Å²) >= 11 is 0. The normalized spacial score (nSPS) is 15.0. The van der Waals surface area contributed by atoms with E-state index in [1.807, 2.05) is 29.2 Å². The molecule has 0 amide bonds. The molecule has 0 unspecified atom stereocenters. The number of anilines is 1. The predicted molar refractivity (Wildman–Crippen MR) is 99.8 cm³/mol. The SMILES string of the molecule is Cc1ccc2nccc(-c3cnn4cc(N5CC(C)C5)cnc34)c2c1. The second-order valence-corrected chi connectivity index (χ2v) is 7.03. The van der Waals surface area contributed by atoms with Gasteiger partial charge in [0, 0.05) is 30.2 Å². The van der Waals surface area contributed by atoms with Crippen molar-refractivity contribution in [2.24, 2.45) is 5.92 Å². The molecule has 1 aliphatic rings. The maximum atomic E-state index is 4.71. The van der Waals surface area contributed by atoms with E-state index < -0.39 is 0 Å². The van der Waals surface area contributed by atoms with Gasteiger partial charge in [-0.1, -0.05) is 18.6 Å². The van der Waals surface area contributed by atoms with Crippen molar-refractivity contribution < 1.29 is 0 Å². The number of aromatic nitrogens is 4. The second kappa shape index (κ2) is 5.28. The van der Waals surface area contributed by atoms with Crippen molar-refractivity contribution in [3.05, 3.63) is 54.6 Å². The molecule has 0 spiro atoms. The van der Waals surface area contributed by atoms with Crippen LogP contribution in [0.4, 0.5) is 5.69 Å². The molecule has 25 heavy (non-hydrogen) atoms. The van der Waals surface area contributed by atoms with Gasteiger partial charge >= 0.3 is 0 Å². The van der Waals surface area contributed by atoms with Crippen LogP contribution in [0.25, 0.3) is 27.7 Å². The summed E-state index contributed by atoms with van der Waals surface area (Å²) in [6, 6.07) is 8.38. The molecule has 5 heteroatoms. The van der Waals surface area contributed by atoms with Crippen LogP contribution in [0.3, 0.4) is 0 Å². The Kier molecular flexibility index (Phi) is 3.04. The van der Waals surface area contributed by atoms with Crippen LogP contribution in [-0.4, -0.2) is 32.7 Å². The minimum absolute atomic E-state index is 0.760. The smallest absolute Gasteiger partial charge is 0.162 e. The maximum absolute atomic E-state index is 4.71. The number of nitrogens with zero attached hydrogens (tertiary/aromatic N) is 5. The summed E-state index contributed by atoms with van der Waals surface area (Å²) in [4.78, 5) is 11.5. The van der Waals surface area contributed by atoms with Crippen LogP contribution in [0.2, 0.25) is 0 Å². The van der Waals surface area contributed by atoms with Crippen LogP contribution in [0.1, 0.15) is 12.5 Å². The monoisotopic (exact) mass is 329 g/mol. The Morgan fingerprint density at radius 2 is 1.92 bits per heavy atom. The van der Waals surface area contributed by atoms with Gasteiger partial charge < -0.3 is 4.90 Å². The highest BCUT2D eigenvalue weighted by Gasteiger charge is 2.23. The zero-order valence-corrected chi connectivity index (χ0v) is 14.3. The molecule has 5 rings (SSSR count). The zero-order chi connectivity index (χ0) is 17.0. The molecule has 1 aromatic carbocycles. The number of hydrogen-bond donors (Lipinski definition) is 0. The van der Waals surface area contributed by atoms with Gasteiger partial charge in [-0.25, -0.2) is 9.50 Å². The van der Waals surface area contributed by atoms with Gasteiger partial charge in [-0.3, -0.25) is 4.98 Å². The Bertz CT molecular complexity index is 1090. The minimum atomic E-state index is 0.760. The second-order valence-electron chi connectivity index (χ2n) is 7.03. The number of rotatable bonds is 2. The third kappa shape index (κ3) is 2.27. The van der Waals surface area contributed by atoms with E-state index in [4.69, 9.17) is 4.98 Å². The molecule has 0 radical (unpaired) electrons. The van der Waals surface area contributed by atoms with Gasteiger partial charge in [-0.2, -0.15) is 5.10 Å². The van der Waals surface area contributed by atoms with Crippen molar-refractivity contribution in [3.8, 4) is 11.1 Å². The summed E-state index contributed by atoms with van der Waals surface area (Å²) in [5.41, 5.74) is 6.40. The number of fused-ring (bicyclic) bond motifs is 2. The molecule has 1 aliphatic heterocycles. The molecule has 0 bridgehead atoms. The van der Waals surface area contributed by atoms with E-state index in [1.165, 1.54) is 5.56 Å². The lowest BCUT2D eigenvalue weighted by Crippen LogP contribution is -2.45. The summed E-state index contributed by atoms with van der Waals surface area (Å²) in [5.74, 6) is 0.760. The molecule has 0 saturated carbocycles. The average Bonchev–Trinajstić information content (AvgIpc) is 3.01. The predicted octanol–water partition coefficient (Wildman–Crippen LogP) is 3.71. The molecule has 1 fully saturated rings. The first-order valence-electron chi connectivity index (χ1n) is 8.63. The largest absolute Gasteiger partial charge is 0.368 e. The van der Waals surface area contributed by atoms with Crippen LogP contribution in [-0.2, 0) is 0 Å². The molecule has 0 aliphatic carbocycles. The Labute approximate surface area is 145 Å². The molecule has 1 saturated heterocycles. The number of aryl methyl sites for hydroxylation is 1. The molecule has 4 aromatic rings. The Hall–Kier alpha value is -2.95. The third-order valence-corrected chi connectivity index (χ3v) is 4.96. The summed E-state index contributed by atoms with van der Waals surface area (Å²) in [7, 11) is 0. The van der Waals surface area contributed by atoms with E-state index in [0.717, 1.165) is 52.4 Å². The fraction of sp³-hybridized carbons (Fsp3) is 0.250. The molecule has 3 aromatic heterocycles. The van der Waals surface area contributed by atoms with E-state index in [1.54, 1.807) is 0 Å². The topological polar surface area (TPSA) is 46.3 Å². The van der Waals surface area contributed by atoms with Crippen LogP contribution in [0.5, 0.6) is 0 Å². The number of benzene rings is 1. The van der Waals surface area contributed by atoms with Crippen molar-refractivity contribution >= 4 is 22.2 Å². The van der Waals surface area contributed by atoms with Crippen molar-refractivity contribution in [3.63, 3.8) is 0 Å². The van der Waals surface area contributed by atoms with Crippen molar-refractivity contribution in [2.45, 2.75) is 13.8 Å². The lowest BCUT2D eigenvalue weighted by atomic mass is 10.0. The number of hydrogen-bond acceptors (Lipinski definition) is 4. The molecule has 5 nitrogen and oxygen atoms in total. The fourth-order valence-corrected chi connectivity index (χ4v) is 3.62. The first-order chi connectivity index (χ1) is 12.2. The van der Waals surface area contributed by atoms with Crippen LogP contribution < -0.4 is 4.90 Å². The average molecular weight is 329 g/mol. The van der Waals surface area contributed by atoms with Gasteiger partial charge in [0.1, 0.15) is 0 Å². The van der Waals surface area contributed by atoms with E-state index in [-0.39, 0.29) is 0 Å². The summed E-state index contributed by atoms with van der Waals surface area (Å²) in [6.07, 6.45) is 7.79. The van der Waals surface area contributed by atoms with Crippen LogP contribution >= 0.6 is 0 Å². The van der Waals surface area contributed by atoms with E-state index in [2.05, 4.69) is 53.2 Å².